The number of aromatic nitrogens is 1. The summed E-state index contributed by atoms with van der Waals surface area (Å²) in [6.45, 7) is 9.35. The van der Waals surface area contributed by atoms with Crippen molar-refractivity contribution >= 4 is 23.6 Å². The van der Waals surface area contributed by atoms with E-state index in [1.807, 2.05) is 18.9 Å². The molecular formula is C21H28FN5O2S. The Morgan fingerprint density at radius 2 is 2.20 bits per heavy atom. The average Bonchev–Trinajstić information content (AvgIpc) is 3.15. The number of amidine groups is 1. The average molecular weight is 434 g/mol. The monoisotopic (exact) mass is 433 g/mol. The summed E-state index contributed by atoms with van der Waals surface area (Å²) < 4.78 is 24.4. The standard InChI is InChI=1S/C21H28FN5O2S/c1-16-19(29-15-24-16)13-26(3)21(25-23-2)30-12-4-9-27-10-11-28-20(14-27)17-5-7-18(22)8-6-17/h5-8,15,20H,2,4,9-14H2,1,3H3/b25-21+. The lowest BCUT2D eigenvalue weighted by molar-refractivity contribution is -0.0297. The van der Waals surface area contributed by atoms with E-state index in [9.17, 15) is 4.39 Å². The second kappa shape index (κ2) is 11.2. The topological polar surface area (TPSA) is 66.5 Å². The zero-order valence-electron chi connectivity index (χ0n) is 17.5. The van der Waals surface area contributed by atoms with Gasteiger partial charge in [-0.3, -0.25) is 4.90 Å². The van der Waals surface area contributed by atoms with Crippen LogP contribution in [0, 0.1) is 12.7 Å². The van der Waals surface area contributed by atoms with Crippen molar-refractivity contribution in [2.75, 3.05) is 39.0 Å². The summed E-state index contributed by atoms with van der Waals surface area (Å²) in [5, 5.41) is 8.67. The molecule has 162 valence electrons. The summed E-state index contributed by atoms with van der Waals surface area (Å²) in [5.41, 5.74) is 1.90. The SMILES string of the molecule is C=N/N=C(/SCCCN1CCOC(c2ccc(F)cc2)C1)N(C)Cc1ocnc1C. The van der Waals surface area contributed by atoms with Crippen LogP contribution in [0.15, 0.2) is 45.3 Å². The molecule has 30 heavy (non-hydrogen) atoms. The van der Waals surface area contributed by atoms with Crippen LogP contribution in [-0.4, -0.2) is 65.7 Å². The fourth-order valence-electron chi connectivity index (χ4n) is 3.27. The fourth-order valence-corrected chi connectivity index (χ4v) is 4.13. The number of hydrogen-bond donors (Lipinski definition) is 0. The Hall–Kier alpha value is -2.23. The molecule has 1 fully saturated rings. The van der Waals surface area contributed by atoms with Crippen molar-refractivity contribution in [1.29, 1.82) is 0 Å². The molecule has 1 aromatic carbocycles. The van der Waals surface area contributed by atoms with Gasteiger partial charge in [-0.1, -0.05) is 23.9 Å². The number of morpholine rings is 1. The summed E-state index contributed by atoms with van der Waals surface area (Å²) in [6.07, 6.45) is 2.45. The van der Waals surface area contributed by atoms with Gasteiger partial charge in [-0.25, -0.2) is 9.37 Å². The number of benzene rings is 1. The maximum atomic E-state index is 13.2. The van der Waals surface area contributed by atoms with Crippen molar-refractivity contribution in [1.82, 2.24) is 14.8 Å². The first kappa shape index (κ1) is 22.5. The zero-order valence-corrected chi connectivity index (χ0v) is 18.3. The molecule has 1 unspecified atom stereocenters. The third kappa shape index (κ3) is 6.38. The Balaban J connectivity index is 1.44. The van der Waals surface area contributed by atoms with E-state index in [0.29, 0.717) is 13.2 Å². The van der Waals surface area contributed by atoms with E-state index in [1.54, 1.807) is 23.9 Å². The molecular weight excluding hydrogens is 405 g/mol. The molecule has 2 aromatic rings. The van der Waals surface area contributed by atoms with E-state index in [2.05, 4.69) is 26.8 Å². The molecule has 1 aromatic heterocycles. The van der Waals surface area contributed by atoms with Gasteiger partial charge in [0, 0.05) is 32.6 Å². The van der Waals surface area contributed by atoms with Gasteiger partial charge in [0.15, 0.2) is 11.6 Å². The van der Waals surface area contributed by atoms with Crippen LogP contribution < -0.4 is 0 Å². The smallest absolute Gasteiger partial charge is 0.185 e. The fraction of sp³-hybridized carbons (Fsp3) is 0.476. The highest BCUT2D eigenvalue weighted by molar-refractivity contribution is 8.13. The first-order valence-corrected chi connectivity index (χ1v) is 10.9. The number of rotatable bonds is 8. The van der Waals surface area contributed by atoms with Crippen LogP contribution in [0.4, 0.5) is 4.39 Å². The largest absolute Gasteiger partial charge is 0.446 e. The van der Waals surface area contributed by atoms with Crippen LogP contribution in [0.3, 0.4) is 0 Å². The minimum Gasteiger partial charge on any atom is -0.446 e. The number of nitrogens with zero attached hydrogens (tertiary/aromatic N) is 5. The predicted molar refractivity (Wildman–Crippen MR) is 118 cm³/mol. The molecule has 0 N–H and O–H groups in total. The number of halogens is 1. The Labute approximate surface area is 181 Å². The predicted octanol–water partition coefficient (Wildman–Crippen LogP) is 3.72. The van der Waals surface area contributed by atoms with Gasteiger partial charge in [-0.15, -0.1) is 5.10 Å². The van der Waals surface area contributed by atoms with Gasteiger partial charge >= 0.3 is 0 Å². The Kier molecular flexibility index (Phi) is 8.41. The van der Waals surface area contributed by atoms with E-state index < -0.39 is 0 Å². The van der Waals surface area contributed by atoms with Gasteiger partial charge in [-0.2, -0.15) is 5.10 Å². The van der Waals surface area contributed by atoms with Crippen molar-refractivity contribution in [3.63, 3.8) is 0 Å². The van der Waals surface area contributed by atoms with E-state index in [-0.39, 0.29) is 11.9 Å². The minimum absolute atomic E-state index is 0.00892. The van der Waals surface area contributed by atoms with Crippen molar-refractivity contribution in [3.8, 4) is 0 Å². The number of thioether (sulfide) groups is 1. The molecule has 0 saturated carbocycles. The van der Waals surface area contributed by atoms with Crippen LogP contribution in [0.25, 0.3) is 0 Å². The second-order valence-corrected chi connectivity index (χ2v) is 8.22. The minimum atomic E-state index is -0.224. The summed E-state index contributed by atoms with van der Waals surface area (Å²) in [5.74, 6) is 1.50. The van der Waals surface area contributed by atoms with E-state index in [4.69, 9.17) is 9.15 Å². The molecule has 9 heteroatoms. The molecule has 1 aliphatic rings. The summed E-state index contributed by atoms with van der Waals surface area (Å²) >= 11 is 1.65. The van der Waals surface area contributed by atoms with Gasteiger partial charge in [0.05, 0.1) is 24.9 Å². The number of hydrogen-bond acceptors (Lipinski definition) is 7. The van der Waals surface area contributed by atoms with Crippen LogP contribution in [-0.2, 0) is 11.3 Å². The highest BCUT2D eigenvalue weighted by Crippen LogP contribution is 2.23. The Morgan fingerprint density at radius 3 is 2.90 bits per heavy atom. The van der Waals surface area contributed by atoms with Gasteiger partial charge in [0.2, 0.25) is 0 Å². The summed E-state index contributed by atoms with van der Waals surface area (Å²) in [4.78, 5) is 8.51. The molecule has 0 bridgehead atoms. The maximum Gasteiger partial charge on any atom is 0.185 e. The number of ether oxygens (including phenoxy) is 1. The summed E-state index contributed by atoms with van der Waals surface area (Å²) in [6, 6.07) is 6.58. The third-order valence-electron chi connectivity index (χ3n) is 4.95. The molecule has 1 aliphatic heterocycles. The van der Waals surface area contributed by atoms with Crippen molar-refractivity contribution in [2.24, 2.45) is 10.2 Å². The van der Waals surface area contributed by atoms with Crippen LogP contribution in [0.5, 0.6) is 0 Å². The second-order valence-electron chi connectivity index (χ2n) is 7.15. The molecule has 0 amide bonds. The molecule has 7 nitrogen and oxygen atoms in total. The Bertz CT molecular complexity index is 842. The van der Waals surface area contributed by atoms with Crippen molar-refractivity contribution in [3.05, 3.63) is 53.5 Å². The molecule has 2 heterocycles. The maximum absolute atomic E-state index is 13.2. The highest BCUT2D eigenvalue weighted by atomic mass is 32.2. The molecule has 0 spiro atoms. The molecule has 1 atom stereocenters. The molecule has 0 radical (unpaired) electrons. The zero-order chi connectivity index (χ0) is 21.3. The Morgan fingerprint density at radius 1 is 1.40 bits per heavy atom. The molecule has 1 saturated heterocycles. The molecule has 3 rings (SSSR count). The number of aryl methyl sites for hydroxylation is 1. The van der Waals surface area contributed by atoms with Crippen LogP contribution in [0.2, 0.25) is 0 Å². The lowest BCUT2D eigenvalue weighted by atomic mass is 10.1. The number of oxazole rings is 1. The first-order chi connectivity index (χ1) is 14.6. The van der Waals surface area contributed by atoms with E-state index >= 15 is 0 Å². The normalized spacial score (nSPS) is 17.8. The van der Waals surface area contributed by atoms with Gasteiger partial charge < -0.3 is 14.1 Å². The van der Waals surface area contributed by atoms with Gasteiger partial charge in [0.25, 0.3) is 0 Å². The van der Waals surface area contributed by atoms with Gasteiger partial charge in [-0.05, 0) is 37.6 Å². The van der Waals surface area contributed by atoms with Gasteiger partial charge in [0.1, 0.15) is 11.6 Å². The highest BCUT2D eigenvalue weighted by Gasteiger charge is 2.22. The van der Waals surface area contributed by atoms with Crippen molar-refractivity contribution in [2.45, 2.75) is 26.0 Å². The molecule has 0 aliphatic carbocycles. The lowest BCUT2D eigenvalue weighted by Crippen LogP contribution is -2.39. The quantitative estimate of drug-likeness (QED) is 0.274. The van der Waals surface area contributed by atoms with E-state index in [0.717, 1.165) is 54.0 Å². The van der Waals surface area contributed by atoms with Crippen LogP contribution >= 0.6 is 11.8 Å². The van der Waals surface area contributed by atoms with Crippen molar-refractivity contribution < 1.29 is 13.5 Å². The third-order valence-corrected chi connectivity index (χ3v) is 6.09. The lowest BCUT2D eigenvalue weighted by Gasteiger charge is -2.33. The summed E-state index contributed by atoms with van der Waals surface area (Å²) in [7, 11) is 1.95. The first-order valence-electron chi connectivity index (χ1n) is 9.93. The van der Waals surface area contributed by atoms with E-state index in [1.165, 1.54) is 18.5 Å². The van der Waals surface area contributed by atoms with Crippen LogP contribution in [0.1, 0.15) is 29.5 Å².